The first kappa shape index (κ1) is 17.0. The third kappa shape index (κ3) is 3.98. The van der Waals surface area contributed by atoms with Crippen LogP contribution >= 0.6 is 0 Å². The third-order valence-corrected chi connectivity index (χ3v) is 3.44. The monoisotopic (exact) mass is 294 g/mol. The number of carbonyl (C=O) groups is 1. The number of phenolic OH excluding ortho intramolecular Hbond substituents is 1. The number of carbonyl (C=O) groups excluding carboxylic acids is 1. The number of benzene rings is 1. The molecule has 3 N–H and O–H groups in total. The summed E-state index contributed by atoms with van der Waals surface area (Å²) >= 11 is 0. The summed E-state index contributed by atoms with van der Waals surface area (Å²) < 4.78 is 5.32. The molecule has 1 atom stereocenters. The van der Waals surface area contributed by atoms with Crippen LogP contribution in [0.1, 0.15) is 30.5 Å². The normalized spacial score (nSPS) is 13.1. The van der Waals surface area contributed by atoms with Crippen LogP contribution in [0, 0.1) is 12.8 Å². The van der Waals surface area contributed by atoms with Crippen molar-refractivity contribution in [2.45, 2.75) is 33.8 Å². The molecule has 5 nitrogen and oxygen atoms in total. The highest BCUT2D eigenvalue weighted by Crippen LogP contribution is 2.36. The van der Waals surface area contributed by atoms with E-state index < -0.39 is 0 Å². The highest BCUT2D eigenvalue weighted by Gasteiger charge is 2.19. The van der Waals surface area contributed by atoms with Crippen LogP contribution in [0.15, 0.2) is 17.9 Å². The number of aliphatic hydroxyl groups is 2. The van der Waals surface area contributed by atoms with Gasteiger partial charge in [0.15, 0.2) is 5.78 Å². The molecule has 0 saturated carbocycles. The van der Waals surface area contributed by atoms with Gasteiger partial charge in [-0.05, 0) is 31.9 Å². The molecule has 1 aromatic rings. The van der Waals surface area contributed by atoms with Gasteiger partial charge in [0, 0.05) is 23.1 Å². The van der Waals surface area contributed by atoms with E-state index in [1.807, 2.05) is 0 Å². The second-order valence-electron chi connectivity index (χ2n) is 5.13. The molecule has 116 valence electrons. The summed E-state index contributed by atoms with van der Waals surface area (Å²) in [5, 5.41) is 29.2. The van der Waals surface area contributed by atoms with Crippen LogP contribution in [-0.4, -0.2) is 28.2 Å². The second-order valence-corrected chi connectivity index (χ2v) is 5.13. The zero-order valence-electron chi connectivity index (χ0n) is 12.8. The van der Waals surface area contributed by atoms with E-state index in [0.29, 0.717) is 28.9 Å². The molecule has 0 heterocycles. The standard InChI is InChI=1S/C16H22O5/c1-9(14(19)6-10(2)18)5-13-12(8-17)7-15(20)11(3)16(13)21-4/h6-7,9,17,19-20H,5,8H2,1-4H3/t9-/m0/s1. The molecule has 1 aromatic carbocycles. The van der Waals surface area contributed by atoms with Gasteiger partial charge >= 0.3 is 0 Å². The quantitative estimate of drug-likeness (QED) is 0.554. The average Bonchev–Trinajstić information content (AvgIpc) is 2.42. The van der Waals surface area contributed by atoms with Crippen molar-refractivity contribution in [3.63, 3.8) is 0 Å². The Morgan fingerprint density at radius 1 is 1.48 bits per heavy atom. The maximum atomic E-state index is 11.0. The second kappa shape index (κ2) is 7.13. The van der Waals surface area contributed by atoms with Crippen molar-refractivity contribution in [3.05, 3.63) is 34.6 Å². The van der Waals surface area contributed by atoms with E-state index >= 15 is 0 Å². The van der Waals surface area contributed by atoms with Gasteiger partial charge in [-0.1, -0.05) is 6.92 Å². The van der Waals surface area contributed by atoms with E-state index in [0.717, 1.165) is 0 Å². The van der Waals surface area contributed by atoms with Gasteiger partial charge in [0.25, 0.3) is 0 Å². The number of aromatic hydroxyl groups is 1. The van der Waals surface area contributed by atoms with Gasteiger partial charge in [-0.2, -0.15) is 0 Å². The van der Waals surface area contributed by atoms with Crippen LogP contribution in [0.25, 0.3) is 0 Å². The predicted molar refractivity (Wildman–Crippen MR) is 79.6 cm³/mol. The van der Waals surface area contributed by atoms with Crippen LogP contribution in [0.3, 0.4) is 0 Å². The summed E-state index contributed by atoms with van der Waals surface area (Å²) in [6.45, 7) is 4.61. The molecule has 5 heteroatoms. The molecule has 0 amide bonds. The zero-order chi connectivity index (χ0) is 16.2. The van der Waals surface area contributed by atoms with Crippen LogP contribution in [0.4, 0.5) is 0 Å². The number of methoxy groups -OCH3 is 1. The van der Waals surface area contributed by atoms with Gasteiger partial charge in [0.1, 0.15) is 11.5 Å². The van der Waals surface area contributed by atoms with Gasteiger partial charge in [-0.25, -0.2) is 0 Å². The lowest BCUT2D eigenvalue weighted by molar-refractivity contribution is -0.112. The number of rotatable bonds is 6. The lowest BCUT2D eigenvalue weighted by atomic mass is 9.92. The van der Waals surface area contributed by atoms with Gasteiger partial charge in [0.05, 0.1) is 19.5 Å². The molecule has 0 aromatic heterocycles. The Hall–Kier alpha value is -2.01. The fraction of sp³-hybridized carbons (Fsp3) is 0.438. The average molecular weight is 294 g/mol. The number of ketones is 1. The fourth-order valence-corrected chi connectivity index (χ4v) is 2.25. The molecule has 0 fully saturated rings. The fourth-order valence-electron chi connectivity index (χ4n) is 2.25. The van der Waals surface area contributed by atoms with Crippen molar-refractivity contribution in [1.82, 2.24) is 0 Å². The Bertz CT molecular complexity index is 560. The molecule has 0 aliphatic heterocycles. The Labute approximate surface area is 124 Å². The molecule has 0 radical (unpaired) electrons. The van der Waals surface area contributed by atoms with Crippen molar-refractivity contribution in [2.75, 3.05) is 7.11 Å². The maximum Gasteiger partial charge on any atom is 0.155 e. The molecular weight excluding hydrogens is 272 g/mol. The number of hydrogen-bond acceptors (Lipinski definition) is 5. The molecule has 21 heavy (non-hydrogen) atoms. The number of phenols is 1. The largest absolute Gasteiger partial charge is 0.512 e. The lowest BCUT2D eigenvalue weighted by Crippen LogP contribution is -2.09. The first-order valence-corrected chi connectivity index (χ1v) is 6.72. The minimum Gasteiger partial charge on any atom is -0.512 e. The van der Waals surface area contributed by atoms with Crippen molar-refractivity contribution >= 4 is 5.78 Å². The summed E-state index contributed by atoms with van der Waals surface area (Å²) in [6, 6.07) is 1.49. The maximum absolute atomic E-state index is 11.0. The minimum absolute atomic E-state index is 0.0147. The van der Waals surface area contributed by atoms with Crippen molar-refractivity contribution in [1.29, 1.82) is 0 Å². The van der Waals surface area contributed by atoms with E-state index in [1.165, 1.54) is 26.2 Å². The lowest BCUT2D eigenvalue weighted by Gasteiger charge is -2.19. The SMILES string of the molecule is COc1c(C)c(O)cc(CO)c1C[C@H](C)C(O)=CC(C)=O. The van der Waals surface area contributed by atoms with Crippen molar-refractivity contribution in [2.24, 2.45) is 5.92 Å². The summed E-state index contributed by atoms with van der Waals surface area (Å²) in [6.07, 6.45) is 1.57. The topological polar surface area (TPSA) is 87.0 Å². The molecular formula is C16H22O5. The minimum atomic E-state index is -0.308. The van der Waals surface area contributed by atoms with Crippen LogP contribution < -0.4 is 4.74 Å². The molecule has 0 unspecified atom stereocenters. The smallest absolute Gasteiger partial charge is 0.155 e. The van der Waals surface area contributed by atoms with Crippen molar-refractivity contribution < 1.29 is 24.9 Å². The Morgan fingerprint density at radius 2 is 2.10 bits per heavy atom. The highest BCUT2D eigenvalue weighted by molar-refractivity contribution is 5.87. The Morgan fingerprint density at radius 3 is 2.57 bits per heavy atom. The van der Waals surface area contributed by atoms with Crippen LogP contribution in [0.5, 0.6) is 11.5 Å². The highest BCUT2D eigenvalue weighted by atomic mass is 16.5. The van der Waals surface area contributed by atoms with Gasteiger partial charge in [-0.3, -0.25) is 4.79 Å². The van der Waals surface area contributed by atoms with Gasteiger partial charge in [0.2, 0.25) is 0 Å². The summed E-state index contributed by atoms with van der Waals surface area (Å²) in [5.74, 6) is -0.0101. The molecule has 1 rings (SSSR count). The molecule has 0 spiro atoms. The first-order chi connectivity index (χ1) is 9.81. The molecule has 0 aliphatic carbocycles. The molecule has 0 saturated heterocycles. The summed E-state index contributed by atoms with van der Waals surface area (Å²) in [5.41, 5.74) is 1.83. The number of aliphatic hydroxyl groups excluding tert-OH is 2. The number of ether oxygens (including phenoxy) is 1. The molecule has 0 aliphatic rings. The van der Waals surface area contributed by atoms with Crippen molar-refractivity contribution in [3.8, 4) is 11.5 Å². The number of allylic oxidation sites excluding steroid dienone is 2. The van der Waals surface area contributed by atoms with E-state index in [-0.39, 0.29) is 29.8 Å². The summed E-state index contributed by atoms with van der Waals surface area (Å²) in [7, 11) is 1.49. The number of hydrogen-bond donors (Lipinski definition) is 3. The van der Waals surface area contributed by atoms with Crippen LogP contribution in [0.2, 0.25) is 0 Å². The van der Waals surface area contributed by atoms with E-state index in [9.17, 15) is 20.1 Å². The first-order valence-electron chi connectivity index (χ1n) is 6.72. The van der Waals surface area contributed by atoms with Crippen LogP contribution in [-0.2, 0) is 17.8 Å². The summed E-state index contributed by atoms with van der Waals surface area (Å²) in [4.78, 5) is 11.0. The van der Waals surface area contributed by atoms with Gasteiger partial charge < -0.3 is 20.1 Å². The van der Waals surface area contributed by atoms with Gasteiger partial charge in [-0.15, -0.1) is 0 Å². The predicted octanol–water partition coefficient (Wildman–Crippen LogP) is 2.41. The Balaban J connectivity index is 3.23. The van der Waals surface area contributed by atoms with E-state index in [2.05, 4.69) is 0 Å². The third-order valence-electron chi connectivity index (χ3n) is 3.44. The Kier molecular flexibility index (Phi) is 5.79. The van der Waals surface area contributed by atoms with E-state index in [1.54, 1.807) is 13.8 Å². The molecule has 0 bridgehead atoms. The van der Waals surface area contributed by atoms with E-state index in [4.69, 9.17) is 4.74 Å². The zero-order valence-corrected chi connectivity index (χ0v) is 12.8.